The third-order valence-electron chi connectivity index (χ3n) is 3.03. The van der Waals surface area contributed by atoms with E-state index < -0.39 is 0 Å². The van der Waals surface area contributed by atoms with Gasteiger partial charge in [-0.2, -0.15) is 5.26 Å². The Hall–Kier alpha value is -0.590. The first-order valence-corrected chi connectivity index (χ1v) is 5.21. The summed E-state index contributed by atoms with van der Waals surface area (Å²) in [5.41, 5.74) is -0.424. The van der Waals surface area contributed by atoms with Crippen molar-refractivity contribution in [2.45, 2.75) is 38.7 Å². The molecule has 1 heterocycles. The molecule has 14 heavy (non-hydrogen) atoms. The molecule has 3 heteroatoms. The Kier molecular flexibility index (Phi) is 3.52. The van der Waals surface area contributed by atoms with E-state index in [2.05, 4.69) is 11.4 Å². The van der Waals surface area contributed by atoms with Crippen LogP contribution in [0.3, 0.4) is 0 Å². The molecule has 0 aromatic carbocycles. The van der Waals surface area contributed by atoms with Crippen LogP contribution in [-0.2, 0) is 4.74 Å². The molecule has 0 radical (unpaired) electrons. The maximum atomic E-state index is 9.25. The van der Waals surface area contributed by atoms with E-state index in [0.29, 0.717) is 0 Å². The summed E-state index contributed by atoms with van der Waals surface area (Å²) < 4.78 is 5.39. The van der Waals surface area contributed by atoms with Crippen LogP contribution in [0.15, 0.2) is 0 Å². The highest BCUT2D eigenvalue weighted by Crippen LogP contribution is 2.35. The molecular formula is C11H20N2O. The van der Waals surface area contributed by atoms with Gasteiger partial charge in [-0.25, -0.2) is 0 Å². The lowest BCUT2D eigenvalue weighted by Crippen LogP contribution is -2.43. The van der Waals surface area contributed by atoms with E-state index in [1.165, 1.54) is 0 Å². The van der Waals surface area contributed by atoms with Crippen molar-refractivity contribution in [2.24, 2.45) is 5.41 Å². The summed E-state index contributed by atoms with van der Waals surface area (Å²) in [6, 6.07) is 2.47. The second kappa shape index (κ2) is 4.29. The van der Waals surface area contributed by atoms with Gasteiger partial charge in [0.05, 0.1) is 17.1 Å². The number of ether oxygens (including phenoxy) is 1. The van der Waals surface area contributed by atoms with Gasteiger partial charge in [0.1, 0.15) is 0 Å². The predicted octanol–water partition coefficient (Wildman–Crippen LogP) is 1.69. The number of rotatable bonds is 3. The van der Waals surface area contributed by atoms with Gasteiger partial charge < -0.3 is 10.1 Å². The molecule has 1 N–H and O–H groups in total. The summed E-state index contributed by atoms with van der Waals surface area (Å²) in [7, 11) is 1.71. The van der Waals surface area contributed by atoms with Crippen LogP contribution in [0.1, 0.15) is 33.1 Å². The molecular weight excluding hydrogens is 176 g/mol. The average Bonchev–Trinajstić information content (AvgIpc) is 2.19. The van der Waals surface area contributed by atoms with Gasteiger partial charge in [-0.3, -0.25) is 0 Å². The summed E-state index contributed by atoms with van der Waals surface area (Å²) in [5.74, 6) is 0. The Morgan fingerprint density at radius 2 is 2.29 bits per heavy atom. The van der Waals surface area contributed by atoms with Crippen LogP contribution in [-0.4, -0.2) is 25.8 Å². The van der Waals surface area contributed by atoms with Gasteiger partial charge in [0, 0.05) is 13.7 Å². The number of nitriles is 1. The maximum absolute atomic E-state index is 9.25. The fourth-order valence-electron chi connectivity index (χ4n) is 2.14. The van der Waals surface area contributed by atoms with Crippen molar-refractivity contribution in [3.05, 3.63) is 0 Å². The first-order chi connectivity index (χ1) is 6.54. The van der Waals surface area contributed by atoms with Gasteiger partial charge in [0.2, 0.25) is 0 Å². The second-order valence-corrected chi connectivity index (χ2v) is 4.81. The molecule has 80 valence electrons. The van der Waals surface area contributed by atoms with Crippen molar-refractivity contribution in [1.29, 1.82) is 5.26 Å². The third kappa shape index (κ3) is 2.70. The van der Waals surface area contributed by atoms with Crippen molar-refractivity contribution < 1.29 is 4.74 Å². The molecule has 3 nitrogen and oxygen atoms in total. The molecule has 0 amide bonds. The van der Waals surface area contributed by atoms with Crippen LogP contribution in [0.2, 0.25) is 0 Å². The Morgan fingerprint density at radius 3 is 2.71 bits per heavy atom. The minimum absolute atomic E-state index is 0.200. The first-order valence-electron chi connectivity index (χ1n) is 5.21. The van der Waals surface area contributed by atoms with E-state index >= 15 is 0 Å². The number of methoxy groups -OCH3 is 1. The zero-order valence-corrected chi connectivity index (χ0v) is 9.39. The molecule has 1 fully saturated rings. The molecule has 1 saturated heterocycles. The van der Waals surface area contributed by atoms with E-state index in [9.17, 15) is 5.26 Å². The van der Waals surface area contributed by atoms with Gasteiger partial charge in [-0.1, -0.05) is 0 Å². The van der Waals surface area contributed by atoms with Crippen molar-refractivity contribution in [2.75, 3.05) is 20.2 Å². The number of nitrogens with zero attached hydrogens (tertiary/aromatic N) is 1. The second-order valence-electron chi connectivity index (χ2n) is 4.81. The van der Waals surface area contributed by atoms with Crippen LogP contribution in [0.25, 0.3) is 0 Å². The smallest absolute Gasteiger partial charge is 0.0725 e. The lowest BCUT2D eigenvalue weighted by atomic mass is 9.74. The van der Waals surface area contributed by atoms with Crippen LogP contribution in [0, 0.1) is 16.7 Å². The molecule has 0 aromatic heterocycles. The highest BCUT2D eigenvalue weighted by molar-refractivity contribution is 5.05. The van der Waals surface area contributed by atoms with Crippen LogP contribution in [0.5, 0.6) is 0 Å². The topological polar surface area (TPSA) is 45.0 Å². The maximum Gasteiger partial charge on any atom is 0.0725 e. The Labute approximate surface area is 86.4 Å². The van der Waals surface area contributed by atoms with Gasteiger partial charge in [0.15, 0.2) is 0 Å². The first kappa shape index (κ1) is 11.5. The van der Waals surface area contributed by atoms with Gasteiger partial charge in [-0.05, 0) is 39.7 Å². The Morgan fingerprint density at radius 1 is 1.57 bits per heavy atom. The zero-order chi connectivity index (χ0) is 10.7. The molecule has 0 saturated carbocycles. The normalized spacial score (nSPS) is 28.4. The SMILES string of the molecule is COC(C)(C)CC1(C#N)CCCNC1. The third-order valence-corrected chi connectivity index (χ3v) is 3.03. The minimum atomic E-state index is -0.224. The van der Waals surface area contributed by atoms with Crippen LogP contribution >= 0.6 is 0 Å². The van der Waals surface area contributed by atoms with Crippen LogP contribution < -0.4 is 5.32 Å². The van der Waals surface area contributed by atoms with Crippen molar-refractivity contribution in [3.63, 3.8) is 0 Å². The minimum Gasteiger partial charge on any atom is -0.379 e. The number of piperidine rings is 1. The van der Waals surface area contributed by atoms with Crippen molar-refractivity contribution >= 4 is 0 Å². The van der Waals surface area contributed by atoms with E-state index in [1.807, 2.05) is 13.8 Å². The lowest BCUT2D eigenvalue weighted by Gasteiger charge is -2.37. The fraction of sp³-hybridized carbons (Fsp3) is 0.909. The Bertz CT molecular complexity index is 224. The van der Waals surface area contributed by atoms with Crippen LogP contribution in [0.4, 0.5) is 0 Å². The molecule has 1 aliphatic heterocycles. The largest absolute Gasteiger partial charge is 0.379 e. The van der Waals surface area contributed by atoms with E-state index in [4.69, 9.17) is 4.74 Å². The summed E-state index contributed by atoms with van der Waals surface area (Å²) in [5, 5.41) is 12.6. The molecule has 1 rings (SSSR count). The number of hydrogen-bond acceptors (Lipinski definition) is 3. The highest BCUT2D eigenvalue weighted by atomic mass is 16.5. The molecule has 0 spiro atoms. The molecule has 0 bridgehead atoms. The lowest BCUT2D eigenvalue weighted by molar-refractivity contribution is -0.0133. The summed E-state index contributed by atoms with van der Waals surface area (Å²) in [6.07, 6.45) is 2.89. The molecule has 0 aliphatic carbocycles. The monoisotopic (exact) mass is 196 g/mol. The molecule has 1 unspecified atom stereocenters. The van der Waals surface area contributed by atoms with Gasteiger partial charge in [0.25, 0.3) is 0 Å². The number of nitrogens with one attached hydrogen (secondary N) is 1. The summed E-state index contributed by atoms with van der Waals surface area (Å²) in [4.78, 5) is 0. The molecule has 0 aromatic rings. The summed E-state index contributed by atoms with van der Waals surface area (Å²) in [6.45, 7) is 5.93. The standard InChI is InChI=1S/C11H20N2O/c1-10(2,14-3)7-11(8-12)5-4-6-13-9-11/h13H,4-7,9H2,1-3H3. The van der Waals surface area contributed by atoms with Gasteiger partial charge >= 0.3 is 0 Å². The fourth-order valence-corrected chi connectivity index (χ4v) is 2.14. The van der Waals surface area contributed by atoms with Crippen molar-refractivity contribution in [3.8, 4) is 6.07 Å². The number of hydrogen-bond donors (Lipinski definition) is 1. The molecule has 1 aliphatic rings. The highest BCUT2D eigenvalue weighted by Gasteiger charge is 2.37. The average molecular weight is 196 g/mol. The van der Waals surface area contributed by atoms with Crippen molar-refractivity contribution in [1.82, 2.24) is 5.32 Å². The van der Waals surface area contributed by atoms with E-state index in [1.54, 1.807) is 7.11 Å². The quantitative estimate of drug-likeness (QED) is 0.747. The van der Waals surface area contributed by atoms with E-state index in [0.717, 1.165) is 32.4 Å². The Balaban J connectivity index is 2.66. The zero-order valence-electron chi connectivity index (χ0n) is 9.39. The van der Waals surface area contributed by atoms with Gasteiger partial charge in [-0.15, -0.1) is 0 Å². The predicted molar refractivity (Wildman–Crippen MR) is 55.9 cm³/mol. The summed E-state index contributed by atoms with van der Waals surface area (Å²) >= 11 is 0. The van der Waals surface area contributed by atoms with E-state index in [-0.39, 0.29) is 11.0 Å². The molecule has 1 atom stereocenters.